The van der Waals surface area contributed by atoms with Gasteiger partial charge >= 0.3 is 5.63 Å². The van der Waals surface area contributed by atoms with Gasteiger partial charge in [0.1, 0.15) is 40.4 Å². The monoisotopic (exact) mass is 422 g/mol. The van der Waals surface area contributed by atoms with Gasteiger partial charge in [-0.2, -0.15) is 0 Å². The van der Waals surface area contributed by atoms with Crippen LogP contribution in [0.15, 0.2) is 45.6 Å². The van der Waals surface area contributed by atoms with Crippen LogP contribution in [0.4, 0.5) is 0 Å². The first-order valence-electron chi connectivity index (χ1n) is 9.98. The Morgan fingerprint density at radius 2 is 1.74 bits per heavy atom. The Kier molecular flexibility index (Phi) is 5.19. The zero-order valence-corrected chi connectivity index (χ0v) is 17.1. The molecular formula is C24H22O7. The Bertz CT molecular complexity index is 1230. The lowest BCUT2D eigenvalue weighted by Gasteiger charge is -2.27. The Labute approximate surface area is 178 Å². The maximum atomic E-state index is 12.8. The third-order valence-electron chi connectivity index (χ3n) is 5.63. The fourth-order valence-corrected chi connectivity index (χ4v) is 3.90. The largest absolute Gasteiger partial charge is 0.507 e. The van der Waals surface area contributed by atoms with Crippen molar-refractivity contribution in [2.45, 2.75) is 39.2 Å². The van der Waals surface area contributed by atoms with Gasteiger partial charge in [-0.05, 0) is 12.5 Å². The molecule has 0 spiro atoms. The Balaban J connectivity index is 1.75. The number of phenolic OH excluding ortho intramolecular Hbond substituents is 2. The number of Topliss-reactive ketones (excluding diaryl/α,β-unsaturated/α-hetero) is 1. The standard InChI is InChI=1S/C24H22O7/c1-3-18-12(2)22(27)15(24(29)31-18)9-14-16(25)10-20-21(23(14)28)17(26)11-19(30-20)13-7-5-4-6-8-13/h4-8,10,19,25,27-28H,3,9,11H2,1-2H3/t19-/m0/s1. The molecule has 31 heavy (non-hydrogen) atoms. The number of aryl methyl sites for hydroxylation is 1. The van der Waals surface area contributed by atoms with Gasteiger partial charge in [-0.1, -0.05) is 37.3 Å². The van der Waals surface area contributed by atoms with Crippen molar-refractivity contribution in [3.8, 4) is 23.0 Å². The molecule has 7 nitrogen and oxygen atoms in total. The zero-order chi connectivity index (χ0) is 22.3. The fraction of sp³-hybridized carbons (Fsp3) is 0.250. The number of hydrogen-bond donors (Lipinski definition) is 3. The van der Waals surface area contributed by atoms with Gasteiger partial charge in [0.2, 0.25) is 0 Å². The molecule has 0 radical (unpaired) electrons. The maximum absolute atomic E-state index is 12.8. The lowest BCUT2D eigenvalue weighted by atomic mass is 9.92. The summed E-state index contributed by atoms with van der Waals surface area (Å²) in [7, 11) is 0. The van der Waals surface area contributed by atoms with Gasteiger partial charge in [0.05, 0.1) is 12.0 Å². The second-order valence-corrected chi connectivity index (χ2v) is 7.54. The minimum atomic E-state index is -0.761. The maximum Gasteiger partial charge on any atom is 0.343 e. The molecule has 2 heterocycles. The number of rotatable bonds is 4. The lowest BCUT2D eigenvalue weighted by Crippen LogP contribution is -2.21. The van der Waals surface area contributed by atoms with Crippen molar-refractivity contribution in [1.82, 2.24) is 0 Å². The molecule has 3 aromatic rings. The molecule has 0 amide bonds. The van der Waals surface area contributed by atoms with E-state index < -0.39 is 17.5 Å². The molecule has 0 bridgehead atoms. The number of hydrogen-bond acceptors (Lipinski definition) is 7. The molecule has 160 valence electrons. The number of phenols is 2. The first-order valence-corrected chi connectivity index (χ1v) is 9.98. The van der Waals surface area contributed by atoms with Crippen LogP contribution in [0.5, 0.6) is 23.0 Å². The van der Waals surface area contributed by atoms with Crippen LogP contribution in [0.1, 0.15) is 57.8 Å². The van der Waals surface area contributed by atoms with Gasteiger partial charge in [-0.25, -0.2) is 4.79 Å². The van der Waals surface area contributed by atoms with E-state index in [-0.39, 0.29) is 52.6 Å². The van der Waals surface area contributed by atoms with Crippen LogP contribution in [-0.2, 0) is 12.8 Å². The minimum Gasteiger partial charge on any atom is -0.507 e. The van der Waals surface area contributed by atoms with E-state index in [9.17, 15) is 24.9 Å². The molecular weight excluding hydrogens is 400 g/mol. The van der Waals surface area contributed by atoms with Gasteiger partial charge in [0.15, 0.2) is 5.78 Å². The second kappa shape index (κ2) is 7.83. The lowest BCUT2D eigenvalue weighted by molar-refractivity contribution is 0.0844. The zero-order valence-electron chi connectivity index (χ0n) is 17.1. The van der Waals surface area contributed by atoms with Crippen molar-refractivity contribution in [3.63, 3.8) is 0 Å². The smallest absolute Gasteiger partial charge is 0.343 e. The molecule has 1 aliphatic heterocycles. The molecule has 3 N–H and O–H groups in total. The van der Waals surface area contributed by atoms with Crippen LogP contribution in [-0.4, -0.2) is 21.1 Å². The number of carbonyl (C=O) groups is 1. The number of ketones is 1. The predicted octanol–water partition coefficient (Wildman–Crippen LogP) is 3.92. The van der Waals surface area contributed by atoms with Crippen LogP contribution < -0.4 is 10.4 Å². The van der Waals surface area contributed by atoms with E-state index in [2.05, 4.69) is 0 Å². The molecule has 4 rings (SSSR count). The number of carbonyl (C=O) groups excluding carboxylic acids is 1. The van der Waals surface area contributed by atoms with Crippen LogP contribution >= 0.6 is 0 Å². The molecule has 0 unspecified atom stereocenters. The van der Waals surface area contributed by atoms with Crippen molar-refractivity contribution in [2.24, 2.45) is 0 Å². The average molecular weight is 422 g/mol. The fourth-order valence-electron chi connectivity index (χ4n) is 3.90. The van der Waals surface area contributed by atoms with Gasteiger partial charge in [-0.15, -0.1) is 0 Å². The Morgan fingerprint density at radius 3 is 2.42 bits per heavy atom. The molecule has 0 aliphatic carbocycles. The summed E-state index contributed by atoms with van der Waals surface area (Å²) < 4.78 is 11.1. The summed E-state index contributed by atoms with van der Waals surface area (Å²) in [6, 6.07) is 10.4. The first kappa shape index (κ1) is 20.5. The van der Waals surface area contributed by atoms with E-state index in [1.54, 1.807) is 13.8 Å². The summed E-state index contributed by atoms with van der Waals surface area (Å²) in [5.41, 5.74) is 0.248. The van der Waals surface area contributed by atoms with Crippen molar-refractivity contribution in [3.05, 3.63) is 80.4 Å². The molecule has 0 saturated heterocycles. The third-order valence-corrected chi connectivity index (χ3v) is 5.63. The van der Waals surface area contributed by atoms with E-state index in [0.29, 0.717) is 17.7 Å². The summed E-state index contributed by atoms with van der Waals surface area (Å²) >= 11 is 0. The van der Waals surface area contributed by atoms with E-state index in [4.69, 9.17) is 9.15 Å². The third kappa shape index (κ3) is 3.52. The Morgan fingerprint density at radius 1 is 1.03 bits per heavy atom. The minimum absolute atomic E-state index is 0.0203. The first-order chi connectivity index (χ1) is 14.8. The summed E-state index contributed by atoms with van der Waals surface area (Å²) in [5, 5.41) is 31.8. The van der Waals surface area contributed by atoms with E-state index in [1.165, 1.54) is 6.07 Å². The molecule has 1 aliphatic rings. The van der Waals surface area contributed by atoms with Crippen molar-refractivity contribution >= 4 is 5.78 Å². The summed E-state index contributed by atoms with van der Waals surface area (Å²) in [4.78, 5) is 25.2. The van der Waals surface area contributed by atoms with Crippen LogP contribution in [0.25, 0.3) is 0 Å². The molecule has 2 aromatic carbocycles. The van der Waals surface area contributed by atoms with Crippen molar-refractivity contribution < 1.29 is 29.3 Å². The highest BCUT2D eigenvalue weighted by atomic mass is 16.5. The molecule has 0 fully saturated rings. The second-order valence-electron chi connectivity index (χ2n) is 7.54. The number of ether oxygens (including phenoxy) is 1. The number of fused-ring (bicyclic) bond motifs is 1. The summed E-state index contributed by atoms with van der Waals surface area (Å²) in [6.07, 6.45) is -0.393. The van der Waals surface area contributed by atoms with Crippen molar-refractivity contribution in [2.75, 3.05) is 0 Å². The van der Waals surface area contributed by atoms with Crippen LogP contribution in [0.3, 0.4) is 0 Å². The molecule has 7 heteroatoms. The molecule has 0 saturated carbocycles. The number of benzene rings is 2. The van der Waals surface area contributed by atoms with Crippen LogP contribution in [0, 0.1) is 6.92 Å². The normalized spacial score (nSPS) is 15.4. The van der Waals surface area contributed by atoms with Crippen molar-refractivity contribution in [1.29, 1.82) is 0 Å². The quantitative estimate of drug-likeness (QED) is 0.583. The predicted molar refractivity (Wildman–Crippen MR) is 112 cm³/mol. The number of aromatic hydroxyl groups is 3. The average Bonchev–Trinajstić information content (AvgIpc) is 2.75. The van der Waals surface area contributed by atoms with Gasteiger partial charge in [0, 0.05) is 30.0 Å². The van der Waals surface area contributed by atoms with E-state index in [0.717, 1.165) is 5.56 Å². The topological polar surface area (TPSA) is 117 Å². The van der Waals surface area contributed by atoms with E-state index >= 15 is 0 Å². The van der Waals surface area contributed by atoms with Gasteiger partial charge in [-0.3, -0.25) is 4.79 Å². The molecule has 1 atom stereocenters. The van der Waals surface area contributed by atoms with Gasteiger partial charge < -0.3 is 24.5 Å². The van der Waals surface area contributed by atoms with Crippen LogP contribution in [0.2, 0.25) is 0 Å². The highest BCUT2D eigenvalue weighted by molar-refractivity contribution is 6.03. The SMILES string of the molecule is CCc1oc(=O)c(Cc2c(O)cc3c(c2O)C(=O)C[C@@H](c2ccccc2)O3)c(O)c1C. The highest BCUT2D eigenvalue weighted by Gasteiger charge is 2.33. The highest BCUT2D eigenvalue weighted by Crippen LogP contribution is 2.45. The molecule has 1 aromatic heterocycles. The summed E-state index contributed by atoms with van der Waals surface area (Å²) in [5.74, 6) is -0.992. The summed E-state index contributed by atoms with van der Waals surface area (Å²) in [6.45, 7) is 3.41. The van der Waals surface area contributed by atoms with Gasteiger partial charge in [0.25, 0.3) is 0 Å². The van der Waals surface area contributed by atoms with E-state index in [1.807, 2.05) is 30.3 Å². The Hall–Kier alpha value is -3.74.